The number of nitrogens with one attached hydrogen (secondary N) is 2. The molecule has 0 bridgehead atoms. The van der Waals surface area contributed by atoms with Gasteiger partial charge in [-0.1, -0.05) is 6.92 Å². The normalized spacial score (nSPS) is 17.0. The number of benzene rings is 1. The second-order valence-corrected chi connectivity index (χ2v) is 6.11. The van der Waals surface area contributed by atoms with Crippen LogP contribution in [0.2, 0.25) is 0 Å². The molecule has 8 heteroatoms. The van der Waals surface area contributed by atoms with Crippen LogP contribution in [-0.4, -0.2) is 43.4 Å². The molecule has 1 unspecified atom stereocenters. The fourth-order valence-electron chi connectivity index (χ4n) is 3.03. The van der Waals surface area contributed by atoms with E-state index in [0.29, 0.717) is 25.3 Å². The number of hydrogen-bond acceptors (Lipinski definition) is 5. The molecule has 1 aromatic carbocycles. The summed E-state index contributed by atoms with van der Waals surface area (Å²) in [6, 6.07) is 4.27. The van der Waals surface area contributed by atoms with Crippen molar-refractivity contribution in [2.45, 2.75) is 26.2 Å². The lowest BCUT2D eigenvalue weighted by Crippen LogP contribution is -2.43. The van der Waals surface area contributed by atoms with E-state index in [-0.39, 0.29) is 29.0 Å². The van der Waals surface area contributed by atoms with E-state index in [1.807, 2.05) is 11.8 Å². The topological polar surface area (TPSA) is 105 Å². The lowest BCUT2D eigenvalue weighted by Gasteiger charge is -2.34. The van der Waals surface area contributed by atoms with Crippen LogP contribution >= 0.6 is 0 Å². The molecule has 1 fully saturated rings. The van der Waals surface area contributed by atoms with Crippen molar-refractivity contribution >= 4 is 23.2 Å². The standard InChI is InChI=1S/C17H24N4O4/c1-3-8-19-16(22)12-5-4-9-20(11-12)15-7-6-13(21(24)25)10-14(15)17(23)18-2/h6-7,10,12H,3-5,8-9,11H2,1-2H3,(H,18,23)(H,19,22). The van der Waals surface area contributed by atoms with Crippen molar-refractivity contribution < 1.29 is 14.5 Å². The van der Waals surface area contributed by atoms with Crippen LogP contribution in [0.25, 0.3) is 0 Å². The van der Waals surface area contributed by atoms with Crippen molar-refractivity contribution in [2.75, 3.05) is 31.6 Å². The molecular formula is C17H24N4O4. The van der Waals surface area contributed by atoms with Crippen molar-refractivity contribution in [3.8, 4) is 0 Å². The molecule has 0 spiro atoms. The molecule has 1 saturated heterocycles. The van der Waals surface area contributed by atoms with Gasteiger partial charge < -0.3 is 15.5 Å². The molecule has 8 nitrogen and oxygen atoms in total. The van der Waals surface area contributed by atoms with Gasteiger partial charge in [-0.25, -0.2) is 0 Å². The first-order valence-corrected chi connectivity index (χ1v) is 8.51. The Morgan fingerprint density at radius 1 is 1.40 bits per heavy atom. The van der Waals surface area contributed by atoms with Crippen LogP contribution in [0, 0.1) is 16.0 Å². The fourth-order valence-corrected chi connectivity index (χ4v) is 3.03. The Balaban J connectivity index is 2.25. The van der Waals surface area contributed by atoms with Gasteiger partial charge in [0.1, 0.15) is 0 Å². The summed E-state index contributed by atoms with van der Waals surface area (Å²) >= 11 is 0. The molecule has 25 heavy (non-hydrogen) atoms. The predicted molar refractivity (Wildman–Crippen MR) is 94.7 cm³/mol. The minimum atomic E-state index is -0.520. The monoisotopic (exact) mass is 348 g/mol. The number of carbonyl (C=O) groups is 2. The van der Waals surface area contributed by atoms with Gasteiger partial charge in [0, 0.05) is 38.8 Å². The van der Waals surface area contributed by atoms with Crippen LogP contribution in [0.5, 0.6) is 0 Å². The Morgan fingerprint density at radius 2 is 2.16 bits per heavy atom. The minimum Gasteiger partial charge on any atom is -0.370 e. The van der Waals surface area contributed by atoms with E-state index in [1.54, 1.807) is 6.07 Å². The zero-order valence-corrected chi connectivity index (χ0v) is 14.6. The van der Waals surface area contributed by atoms with E-state index in [0.717, 1.165) is 19.3 Å². The summed E-state index contributed by atoms with van der Waals surface area (Å²) in [5.41, 5.74) is 0.751. The van der Waals surface area contributed by atoms with Crippen molar-refractivity contribution in [1.29, 1.82) is 0 Å². The molecule has 1 aromatic rings. The van der Waals surface area contributed by atoms with Crippen LogP contribution in [0.4, 0.5) is 11.4 Å². The zero-order chi connectivity index (χ0) is 18.4. The molecular weight excluding hydrogens is 324 g/mol. The van der Waals surface area contributed by atoms with E-state index in [4.69, 9.17) is 0 Å². The summed E-state index contributed by atoms with van der Waals surface area (Å²) in [7, 11) is 1.49. The van der Waals surface area contributed by atoms with Crippen LogP contribution in [0.15, 0.2) is 18.2 Å². The first kappa shape index (κ1) is 18.7. The number of rotatable bonds is 6. The highest BCUT2D eigenvalue weighted by Crippen LogP contribution is 2.29. The van der Waals surface area contributed by atoms with E-state index in [2.05, 4.69) is 10.6 Å². The van der Waals surface area contributed by atoms with Crippen LogP contribution in [0.1, 0.15) is 36.5 Å². The number of anilines is 1. The smallest absolute Gasteiger partial charge is 0.270 e. The molecule has 1 aliphatic rings. The molecule has 1 heterocycles. The molecule has 0 aliphatic carbocycles. The van der Waals surface area contributed by atoms with Gasteiger partial charge in [-0.3, -0.25) is 19.7 Å². The minimum absolute atomic E-state index is 0.0231. The Kier molecular flexibility index (Phi) is 6.32. The largest absolute Gasteiger partial charge is 0.370 e. The molecule has 2 rings (SSSR count). The molecule has 0 aromatic heterocycles. The molecule has 0 radical (unpaired) electrons. The van der Waals surface area contributed by atoms with Crippen molar-refractivity contribution in [3.05, 3.63) is 33.9 Å². The zero-order valence-electron chi connectivity index (χ0n) is 14.6. The summed E-state index contributed by atoms with van der Waals surface area (Å²) in [5.74, 6) is -0.501. The molecule has 1 atom stereocenters. The highest BCUT2D eigenvalue weighted by molar-refractivity contribution is 6.00. The number of nitro groups is 1. The molecule has 2 amide bonds. The summed E-state index contributed by atoms with van der Waals surface area (Å²) in [6.45, 7) is 3.85. The fraction of sp³-hybridized carbons (Fsp3) is 0.529. The van der Waals surface area contributed by atoms with Gasteiger partial charge >= 0.3 is 0 Å². The first-order chi connectivity index (χ1) is 12.0. The third kappa shape index (κ3) is 4.46. The maximum Gasteiger partial charge on any atom is 0.270 e. The summed E-state index contributed by atoms with van der Waals surface area (Å²) < 4.78 is 0. The number of nitrogens with zero attached hydrogens (tertiary/aromatic N) is 2. The molecule has 0 saturated carbocycles. The molecule has 136 valence electrons. The van der Waals surface area contributed by atoms with Crippen LogP contribution < -0.4 is 15.5 Å². The van der Waals surface area contributed by atoms with Gasteiger partial charge in [0.15, 0.2) is 0 Å². The van der Waals surface area contributed by atoms with Crippen molar-refractivity contribution in [3.63, 3.8) is 0 Å². The van der Waals surface area contributed by atoms with Crippen molar-refractivity contribution in [1.82, 2.24) is 10.6 Å². The van der Waals surface area contributed by atoms with Gasteiger partial charge in [0.05, 0.1) is 22.1 Å². The number of non-ortho nitro benzene ring substituents is 1. The molecule has 1 aliphatic heterocycles. The SMILES string of the molecule is CCCNC(=O)C1CCCN(c2ccc([N+](=O)[O-])cc2C(=O)NC)C1. The lowest BCUT2D eigenvalue weighted by atomic mass is 9.95. The average Bonchev–Trinajstić information content (AvgIpc) is 2.64. The van der Waals surface area contributed by atoms with Gasteiger partial charge in [-0.15, -0.1) is 0 Å². The maximum absolute atomic E-state index is 12.2. The number of nitro benzene ring substituents is 1. The van der Waals surface area contributed by atoms with Gasteiger partial charge in [-0.05, 0) is 25.3 Å². The highest BCUT2D eigenvalue weighted by Gasteiger charge is 2.28. The quantitative estimate of drug-likeness (QED) is 0.601. The van der Waals surface area contributed by atoms with Crippen LogP contribution in [0.3, 0.4) is 0 Å². The number of amides is 2. The van der Waals surface area contributed by atoms with E-state index < -0.39 is 4.92 Å². The summed E-state index contributed by atoms with van der Waals surface area (Å²) in [6.07, 6.45) is 2.51. The third-order valence-electron chi connectivity index (χ3n) is 4.34. The lowest BCUT2D eigenvalue weighted by molar-refractivity contribution is -0.384. The maximum atomic E-state index is 12.2. The first-order valence-electron chi connectivity index (χ1n) is 8.51. The summed E-state index contributed by atoms with van der Waals surface area (Å²) in [4.78, 5) is 36.9. The van der Waals surface area contributed by atoms with Gasteiger partial charge in [0.25, 0.3) is 11.6 Å². The van der Waals surface area contributed by atoms with Gasteiger partial charge in [0.2, 0.25) is 5.91 Å². The van der Waals surface area contributed by atoms with E-state index >= 15 is 0 Å². The number of piperidine rings is 1. The highest BCUT2D eigenvalue weighted by atomic mass is 16.6. The second kappa shape index (κ2) is 8.46. The van der Waals surface area contributed by atoms with E-state index in [1.165, 1.54) is 19.2 Å². The Labute approximate surface area is 146 Å². The average molecular weight is 348 g/mol. The van der Waals surface area contributed by atoms with Crippen molar-refractivity contribution in [2.24, 2.45) is 5.92 Å². The Morgan fingerprint density at radius 3 is 2.80 bits per heavy atom. The number of carbonyl (C=O) groups excluding carboxylic acids is 2. The molecule has 2 N–H and O–H groups in total. The Bertz CT molecular complexity index is 662. The third-order valence-corrected chi connectivity index (χ3v) is 4.34. The van der Waals surface area contributed by atoms with Gasteiger partial charge in [-0.2, -0.15) is 0 Å². The predicted octanol–water partition coefficient (Wildman–Crippen LogP) is 1.70. The van der Waals surface area contributed by atoms with E-state index in [9.17, 15) is 19.7 Å². The number of hydrogen-bond donors (Lipinski definition) is 2. The second-order valence-electron chi connectivity index (χ2n) is 6.11. The van der Waals surface area contributed by atoms with Crippen LogP contribution in [-0.2, 0) is 4.79 Å². The summed E-state index contributed by atoms with van der Waals surface area (Å²) in [5, 5.41) is 16.4. The Hall–Kier alpha value is -2.64.